The number of hydrogen-bond acceptors (Lipinski definition) is 4. The van der Waals surface area contributed by atoms with E-state index in [9.17, 15) is 8.42 Å². The fourth-order valence-corrected chi connectivity index (χ4v) is 2.40. The molecule has 0 aromatic carbocycles. The van der Waals surface area contributed by atoms with Gasteiger partial charge in [0.15, 0.2) is 0 Å². The number of primary sulfonamides is 1. The van der Waals surface area contributed by atoms with Crippen LogP contribution in [0.15, 0.2) is 24.0 Å². The van der Waals surface area contributed by atoms with E-state index < -0.39 is 15.0 Å². The van der Waals surface area contributed by atoms with Gasteiger partial charge in [0.1, 0.15) is 5.76 Å². The minimum absolute atomic E-state index is 0.163. The summed E-state index contributed by atoms with van der Waals surface area (Å²) in [5.41, 5.74) is 0. The highest BCUT2D eigenvalue weighted by Gasteiger charge is 2.42. The Hall–Kier alpha value is -0.850. The van der Waals surface area contributed by atoms with Gasteiger partial charge in [0, 0.05) is 6.42 Å². The van der Waals surface area contributed by atoms with Gasteiger partial charge in [0.25, 0.3) is 0 Å². The predicted octanol–water partition coefficient (Wildman–Crippen LogP) is 1.28. The predicted molar refractivity (Wildman–Crippen MR) is 65.5 cm³/mol. The molecule has 1 rings (SSSR count). The number of hydrogen-bond donors (Lipinski definition) is 1. The van der Waals surface area contributed by atoms with E-state index in [1.165, 1.54) is 13.2 Å². The fourth-order valence-electron chi connectivity index (χ4n) is 1.53. The third-order valence-corrected chi connectivity index (χ3v) is 4.14. The molecule has 0 aromatic rings. The van der Waals surface area contributed by atoms with Gasteiger partial charge in [-0.1, -0.05) is 6.92 Å². The molecule has 6 heteroatoms. The zero-order chi connectivity index (χ0) is 13.1. The quantitative estimate of drug-likeness (QED) is 0.808. The van der Waals surface area contributed by atoms with Crippen molar-refractivity contribution in [1.29, 1.82) is 0 Å². The summed E-state index contributed by atoms with van der Waals surface area (Å²) in [4.78, 5) is -1.47. The van der Waals surface area contributed by atoms with Gasteiger partial charge >= 0.3 is 0 Å². The zero-order valence-corrected chi connectivity index (χ0v) is 11.2. The first kappa shape index (κ1) is 14.2. The average Bonchev–Trinajstić information content (AvgIpc) is 2.28. The number of ether oxygens (including phenoxy) is 2. The first-order valence-electron chi connectivity index (χ1n) is 5.48. The molecule has 1 aliphatic rings. The Labute approximate surface area is 102 Å². The molecule has 0 aromatic heterocycles. The van der Waals surface area contributed by atoms with Gasteiger partial charge in [0.05, 0.1) is 13.2 Å². The average molecular weight is 261 g/mol. The van der Waals surface area contributed by atoms with Crippen molar-refractivity contribution < 1.29 is 17.9 Å². The monoisotopic (exact) mass is 261 g/mol. The molecule has 0 radical (unpaired) electrons. The number of rotatable bonds is 5. The maximum Gasteiger partial charge on any atom is 0.243 e. The van der Waals surface area contributed by atoms with Gasteiger partial charge < -0.3 is 9.47 Å². The standard InChI is InChI=1S/C11H19NO4S/c1-4-9(2)16-11(17(12,13)14)7-5-10(15-3)6-8-11/h5-7,9H,4,8H2,1-3H3,(H2,12,13,14). The summed E-state index contributed by atoms with van der Waals surface area (Å²) in [6.45, 7) is 3.74. The van der Waals surface area contributed by atoms with Crippen molar-refractivity contribution in [1.82, 2.24) is 0 Å². The van der Waals surface area contributed by atoms with E-state index in [1.54, 1.807) is 12.2 Å². The third kappa shape index (κ3) is 3.08. The molecule has 0 heterocycles. The zero-order valence-electron chi connectivity index (χ0n) is 10.3. The molecule has 0 fully saturated rings. The Kier molecular flexibility index (Phi) is 4.35. The molecule has 0 aliphatic heterocycles. The smallest absolute Gasteiger partial charge is 0.243 e. The van der Waals surface area contributed by atoms with E-state index in [0.717, 1.165) is 0 Å². The molecule has 98 valence electrons. The third-order valence-electron chi connectivity index (χ3n) is 2.78. The molecule has 0 amide bonds. The molecule has 17 heavy (non-hydrogen) atoms. The maximum atomic E-state index is 11.7. The second-order valence-electron chi connectivity index (χ2n) is 4.04. The Balaban J connectivity index is 3.01. The van der Waals surface area contributed by atoms with Gasteiger partial charge in [-0.05, 0) is 31.6 Å². The molecule has 2 atom stereocenters. The molecule has 0 spiro atoms. The first-order valence-corrected chi connectivity index (χ1v) is 7.03. The summed E-state index contributed by atoms with van der Waals surface area (Å²) in [6, 6.07) is 0. The van der Waals surface area contributed by atoms with Crippen molar-refractivity contribution in [3.63, 3.8) is 0 Å². The van der Waals surface area contributed by atoms with Crippen molar-refractivity contribution in [3.8, 4) is 0 Å². The number of nitrogens with two attached hydrogens (primary N) is 1. The van der Waals surface area contributed by atoms with E-state index in [4.69, 9.17) is 14.6 Å². The molecule has 2 N–H and O–H groups in total. The Morgan fingerprint density at radius 2 is 2.24 bits per heavy atom. The highest BCUT2D eigenvalue weighted by Crippen LogP contribution is 2.31. The van der Waals surface area contributed by atoms with Gasteiger partial charge in [0.2, 0.25) is 15.0 Å². The topological polar surface area (TPSA) is 78.6 Å². The summed E-state index contributed by atoms with van der Waals surface area (Å²) < 4.78 is 34.0. The lowest BCUT2D eigenvalue weighted by molar-refractivity contribution is -0.00530. The van der Waals surface area contributed by atoms with Crippen LogP contribution in [0.4, 0.5) is 0 Å². The molecule has 0 saturated heterocycles. The van der Waals surface area contributed by atoms with E-state index in [1.807, 2.05) is 13.8 Å². The second-order valence-corrected chi connectivity index (χ2v) is 5.82. The molecular weight excluding hydrogens is 242 g/mol. The lowest BCUT2D eigenvalue weighted by Crippen LogP contribution is -2.46. The molecule has 1 aliphatic carbocycles. The fraction of sp³-hybridized carbons (Fsp3) is 0.636. The van der Waals surface area contributed by atoms with Crippen molar-refractivity contribution in [2.75, 3.05) is 7.11 Å². The highest BCUT2D eigenvalue weighted by atomic mass is 32.2. The highest BCUT2D eigenvalue weighted by molar-refractivity contribution is 7.90. The SMILES string of the molecule is CCC(C)OC1(S(N)(=O)=O)C=CC(OC)=CC1. The van der Waals surface area contributed by atoms with Crippen LogP contribution in [-0.4, -0.2) is 26.6 Å². The summed E-state index contributed by atoms with van der Waals surface area (Å²) in [5.74, 6) is 0.608. The Bertz CT molecular complexity index is 427. The summed E-state index contributed by atoms with van der Waals surface area (Å²) >= 11 is 0. The van der Waals surface area contributed by atoms with Crippen LogP contribution < -0.4 is 5.14 Å². The number of methoxy groups -OCH3 is 1. The number of sulfonamides is 1. The van der Waals surface area contributed by atoms with Crippen molar-refractivity contribution >= 4 is 10.0 Å². The van der Waals surface area contributed by atoms with E-state index in [0.29, 0.717) is 12.2 Å². The lowest BCUT2D eigenvalue weighted by atomic mass is 10.1. The van der Waals surface area contributed by atoms with Crippen LogP contribution in [0.2, 0.25) is 0 Å². The van der Waals surface area contributed by atoms with Gasteiger partial charge in [-0.15, -0.1) is 0 Å². The van der Waals surface area contributed by atoms with Crippen LogP contribution in [0.3, 0.4) is 0 Å². The largest absolute Gasteiger partial charge is 0.497 e. The van der Waals surface area contributed by atoms with E-state index >= 15 is 0 Å². The second kappa shape index (κ2) is 5.20. The van der Waals surface area contributed by atoms with Crippen LogP contribution in [0, 0.1) is 0 Å². The van der Waals surface area contributed by atoms with E-state index in [2.05, 4.69) is 0 Å². The Morgan fingerprint density at radius 3 is 2.59 bits per heavy atom. The Morgan fingerprint density at radius 1 is 1.59 bits per heavy atom. The normalized spacial score (nSPS) is 26.5. The van der Waals surface area contributed by atoms with Crippen LogP contribution in [0.25, 0.3) is 0 Å². The minimum atomic E-state index is -3.83. The van der Waals surface area contributed by atoms with Crippen LogP contribution in [-0.2, 0) is 19.5 Å². The molecule has 0 bridgehead atoms. The number of allylic oxidation sites excluding steroid dienone is 1. The summed E-state index contributed by atoms with van der Waals surface area (Å²) in [5, 5.41) is 5.26. The molecule has 5 nitrogen and oxygen atoms in total. The van der Waals surface area contributed by atoms with Gasteiger partial charge in [-0.25, -0.2) is 13.6 Å². The molecular formula is C11H19NO4S. The first-order chi connectivity index (χ1) is 7.84. The van der Waals surface area contributed by atoms with Gasteiger partial charge in [-0.3, -0.25) is 0 Å². The summed E-state index contributed by atoms with van der Waals surface area (Å²) in [7, 11) is -2.31. The van der Waals surface area contributed by atoms with Crippen molar-refractivity contribution in [3.05, 3.63) is 24.0 Å². The van der Waals surface area contributed by atoms with Crippen LogP contribution in [0.5, 0.6) is 0 Å². The summed E-state index contributed by atoms with van der Waals surface area (Å²) in [6.07, 6.45) is 5.37. The van der Waals surface area contributed by atoms with Crippen LogP contribution >= 0.6 is 0 Å². The van der Waals surface area contributed by atoms with Gasteiger partial charge in [-0.2, -0.15) is 0 Å². The minimum Gasteiger partial charge on any atom is -0.497 e. The lowest BCUT2D eigenvalue weighted by Gasteiger charge is -2.32. The van der Waals surface area contributed by atoms with Crippen molar-refractivity contribution in [2.45, 2.75) is 37.7 Å². The van der Waals surface area contributed by atoms with Crippen LogP contribution in [0.1, 0.15) is 26.7 Å². The van der Waals surface area contributed by atoms with Crippen molar-refractivity contribution in [2.24, 2.45) is 5.14 Å². The maximum absolute atomic E-state index is 11.7. The molecule has 0 saturated carbocycles. The molecule has 2 unspecified atom stereocenters. The van der Waals surface area contributed by atoms with E-state index in [-0.39, 0.29) is 12.5 Å².